The fourth-order valence-corrected chi connectivity index (χ4v) is 1.63. The number of alkyl halides is 1. The van der Waals surface area contributed by atoms with Crippen LogP contribution in [0.3, 0.4) is 0 Å². The minimum absolute atomic E-state index is 0.244. The molecule has 0 radical (unpaired) electrons. The van der Waals surface area contributed by atoms with Crippen LogP contribution in [-0.4, -0.2) is 31.5 Å². The van der Waals surface area contributed by atoms with E-state index in [0.717, 1.165) is 0 Å². The number of hydrogen-bond acceptors (Lipinski definition) is 2. The summed E-state index contributed by atoms with van der Waals surface area (Å²) in [7, 11) is 1.53. The third kappa shape index (κ3) is 4.32. The smallest absolute Gasteiger partial charge is 0.251 e. The lowest BCUT2D eigenvalue weighted by Gasteiger charge is -2.15. The molecule has 1 amide bonds. The number of methoxy groups -OCH3 is 1. The number of amides is 1. The van der Waals surface area contributed by atoms with Crippen molar-refractivity contribution < 1.29 is 13.9 Å². The molecule has 1 aromatic carbocycles. The molecule has 0 heterocycles. The summed E-state index contributed by atoms with van der Waals surface area (Å²) in [5, 5.41) is 2.68. The van der Waals surface area contributed by atoms with Gasteiger partial charge in [0.1, 0.15) is 5.82 Å². The van der Waals surface area contributed by atoms with Gasteiger partial charge in [0.05, 0.1) is 12.6 Å². The molecular formula is C12H15ClFNO2. The largest absolute Gasteiger partial charge is 0.383 e. The standard InChI is InChI=1S/C12H15ClFNO2/c1-8-3-9(5-10(14)4-8)12(16)15-11(6-13)7-17-2/h3-5,11H,6-7H2,1-2H3,(H,15,16). The van der Waals surface area contributed by atoms with Gasteiger partial charge in [0.15, 0.2) is 0 Å². The first kappa shape index (κ1) is 13.9. The molecule has 94 valence electrons. The van der Waals surface area contributed by atoms with Crippen molar-refractivity contribution in [2.45, 2.75) is 13.0 Å². The number of aryl methyl sites for hydroxylation is 1. The van der Waals surface area contributed by atoms with Gasteiger partial charge in [-0.25, -0.2) is 4.39 Å². The first-order valence-electron chi connectivity index (χ1n) is 5.19. The lowest BCUT2D eigenvalue weighted by atomic mass is 10.1. The zero-order valence-corrected chi connectivity index (χ0v) is 10.6. The summed E-state index contributed by atoms with van der Waals surface area (Å²) in [6, 6.07) is 3.90. The molecule has 0 aliphatic rings. The van der Waals surface area contributed by atoms with E-state index in [0.29, 0.717) is 12.2 Å². The zero-order valence-electron chi connectivity index (χ0n) is 9.80. The number of carbonyl (C=O) groups is 1. The van der Waals surface area contributed by atoms with Gasteiger partial charge < -0.3 is 10.1 Å². The predicted octanol–water partition coefficient (Wildman–Crippen LogP) is 2.12. The molecule has 1 unspecified atom stereocenters. The van der Waals surface area contributed by atoms with Gasteiger partial charge in [0, 0.05) is 18.6 Å². The van der Waals surface area contributed by atoms with Crippen LogP contribution in [0.5, 0.6) is 0 Å². The third-order valence-electron chi connectivity index (χ3n) is 2.19. The molecule has 17 heavy (non-hydrogen) atoms. The van der Waals surface area contributed by atoms with Crippen LogP contribution in [0.25, 0.3) is 0 Å². The average Bonchev–Trinajstić information content (AvgIpc) is 2.27. The summed E-state index contributed by atoms with van der Waals surface area (Å²) in [5.74, 6) is -0.534. The summed E-state index contributed by atoms with van der Waals surface area (Å²) in [5.41, 5.74) is 0.984. The molecule has 0 spiro atoms. The highest BCUT2D eigenvalue weighted by atomic mass is 35.5. The molecule has 0 aliphatic carbocycles. The van der Waals surface area contributed by atoms with Crippen molar-refractivity contribution in [2.24, 2.45) is 0 Å². The molecule has 1 aromatic rings. The maximum atomic E-state index is 13.1. The Kier molecular flexibility index (Phi) is 5.38. The Morgan fingerprint density at radius 1 is 1.53 bits per heavy atom. The van der Waals surface area contributed by atoms with Crippen molar-refractivity contribution in [3.63, 3.8) is 0 Å². The summed E-state index contributed by atoms with van der Waals surface area (Å²) in [6.45, 7) is 2.05. The van der Waals surface area contributed by atoms with Crippen LogP contribution in [0.15, 0.2) is 18.2 Å². The van der Waals surface area contributed by atoms with Crippen LogP contribution >= 0.6 is 11.6 Å². The van der Waals surface area contributed by atoms with E-state index in [9.17, 15) is 9.18 Å². The maximum absolute atomic E-state index is 13.1. The van der Waals surface area contributed by atoms with E-state index in [1.54, 1.807) is 13.0 Å². The number of ether oxygens (including phenoxy) is 1. The van der Waals surface area contributed by atoms with Crippen molar-refractivity contribution in [1.29, 1.82) is 0 Å². The van der Waals surface area contributed by atoms with E-state index in [1.807, 2.05) is 0 Å². The van der Waals surface area contributed by atoms with E-state index in [-0.39, 0.29) is 23.4 Å². The normalized spacial score (nSPS) is 12.2. The van der Waals surface area contributed by atoms with E-state index in [4.69, 9.17) is 16.3 Å². The highest BCUT2D eigenvalue weighted by molar-refractivity contribution is 6.18. The van der Waals surface area contributed by atoms with Crippen LogP contribution in [-0.2, 0) is 4.74 Å². The molecule has 1 rings (SSSR count). The van der Waals surface area contributed by atoms with Gasteiger partial charge in [-0.05, 0) is 30.7 Å². The first-order valence-corrected chi connectivity index (χ1v) is 5.73. The van der Waals surface area contributed by atoms with Crippen molar-refractivity contribution in [1.82, 2.24) is 5.32 Å². The van der Waals surface area contributed by atoms with Gasteiger partial charge in [-0.15, -0.1) is 11.6 Å². The molecule has 0 saturated heterocycles. The van der Waals surface area contributed by atoms with Gasteiger partial charge in [-0.1, -0.05) is 0 Å². The second kappa shape index (κ2) is 6.57. The Bertz CT molecular complexity index is 378. The molecule has 0 saturated carbocycles. The van der Waals surface area contributed by atoms with Crippen LogP contribution in [0.1, 0.15) is 15.9 Å². The second-order valence-corrected chi connectivity index (χ2v) is 4.11. The van der Waals surface area contributed by atoms with Crippen molar-refractivity contribution in [2.75, 3.05) is 19.6 Å². The van der Waals surface area contributed by atoms with Gasteiger partial charge in [-0.3, -0.25) is 4.79 Å². The number of carbonyl (C=O) groups excluding carboxylic acids is 1. The number of hydrogen-bond donors (Lipinski definition) is 1. The van der Waals surface area contributed by atoms with Crippen LogP contribution < -0.4 is 5.32 Å². The van der Waals surface area contributed by atoms with Gasteiger partial charge >= 0.3 is 0 Å². The van der Waals surface area contributed by atoms with Crippen LogP contribution in [0.4, 0.5) is 4.39 Å². The van der Waals surface area contributed by atoms with Gasteiger partial charge in [0.25, 0.3) is 5.91 Å². The Labute approximate surface area is 105 Å². The minimum Gasteiger partial charge on any atom is -0.383 e. The van der Waals surface area contributed by atoms with Crippen LogP contribution in [0.2, 0.25) is 0 Å². The SMILES string of the molecule is COCC(CCl)NC(=O)c1cc(C)cc(F)c1. The Morgan fingerprint density at radius 2 is 2.24 bits per heavy atom. The van der Waals surface area contributed by atoms with Gasteiger partial charge in [-0.2, -0.15) is 0 Å². The molecular weight excluding hydrogens is 245 g/mol. The van der Waals surface area contributed by atoms with Gasteiger partial charge in [0.2, 0.25) is 0 Å². The van der Waals surface area contributed by atoms with E-state index in [2.05, 4.69) is 5.32 Å². The fourth-order valence-electron chi connectivity index (χ4n) is 1.46. The quantitative estimate of drug-likeness (QED) is 0.823. The molecule has 0 aliphatic heterocycles. The van der Waals surface area contributed by atoms with Crippen molar-refractivity contribution in [3.05, 3.63) is 35.1 Å². The van der Waals surface area contributed by atoms with E-state index < -0.39 is 5.82 Å². The summed E-state index contributed by atoms with van der Waals surface area (Å²) >= 11 is 5.67. The van der Waals surface area contributed by atoms with Crippen LogP contribution in [0, 0.1) is 12.7 Å². The van der Waals surface area contributed by atoms with Crippen molar-refractivity contribution in [3.8, 4) is 0 Å². The highest BCUT2D eigenvalue weighted by Crippen LogP contribution is 2.08. The number of benzene rings is 1. The monoisotopic (exact) mass is 259 g/mol. The predicted molar refractivity (Wildman–Crippen MR) is 65.0 cm³/mol. The number of halogens is 2. The van der Waals surface area contributed by atoms with E-state index >= 15 is 0 Å². The molecule has 1 N–H and O–H groups in total. The molecule has 5 heteroatoms. The fraction of sp³-hybridized carbons (Fsp3) is 0.417. The lowest BCUT2D eigenvalue weighted by Crippen LogP contribution is -2.39. The number of nitrogens with one attached hydrogen (secondary N) is 1. The summed E-state index contributed by atoms with van der Waals surface area (Å²) < 4.78 is 18.0. The lowest BCUT2D eigenvalue weighted by molar-refractivity contribution is 0.0906. The molecule has 0 fully saturated rings. The maximum Gasteiger partial charge on any atom is 0.251 e. The minimum atomic E-state index is -0.427. The Morgan fingerprint density at radius 3 is 2.76 bits per heavy atom. The Balaban J connectivity index is 2.75. The molecule has 0 aromatic heterocycles. The van der Waals surface area contributed by atoms with E-state index in [1.165, 1.54) is 19.2 Å². The average molecular weight is 260 g/mol. The second-order valence-electron chi connectivity index (χ2n) is 3.80. The zero-order chi connectivity index (χ0) is 12.8. The van der Waals surface area contributed by atoms with Crippen molar-refractivity contribution >= 4 is 17.5 Å². The highest BCUT2D eigenvalue weighted by Gasteiger charge is 2.13. The molecule has 1 atom stereocenters. The first-order chi connectivity index (χ1) is 8.06. The summed E-state index contributed by atoms with van der Waals surface area (Å²) in [4.78, 5) is 11.8. The molecule has 0 bridgehead atoms. The third-order valence-corrected chi connectivity index (χ3v) is 2.57. The number of rotatable bonds is 5. The topological polar surface area (TPSA) is 38.3 Å². The molecule has 3 nitrogen and oxygen atoms in total. The Hall–Kier alpha value is -1.13. The summed E-state index contributed by atoms with van der Waals surface area (Å²) in [6.07, 6.45) is 0.